The van der Waals surface area contributed by atoms with Crippen LogP contribution in [0.15, 0.2) is 0 Å². The van der Waals surface area contributed by atoms with E-state index in [9.17, 15) is 43.5 Å². The third-order valence-corrected chi connectivity index (χ3v) is 5.03. The van der Waals surface area contributed by atoms with Gasteiger partial charge in [0.15, 0.2) is 0 Å². The highest BCUT2D eigenvalue weighted by Gasteiger charge is 2.67. The monoisotopic (exact) mass is 438 g/mol. The van der Waals surface area contributed by atoms with Crippen molar-refractivity contribution < 1.29 is 57.6 Å². The van der Waals surface area contributed by atoms with Crippen LogP contribution in [-0.2, 0) is 19.6 Å². The maximum atomic E-state index is 13.2. The average Bonchev–Trinajstić information content (AvgIpc) is 2.49. The van der Waals surface area contributed by atoms with Crippen molar-refractivity contribution in [1.29, 1.82) is 0 Å². The Morgan fingerprint density at radius 3 is 1.44 bits per heavy atom. The molecule has 0 saturated heterocycles. The van der Waals surface area contributed by atoms with E-state index in [4.69, 9.17) is 4.55 Å². The zero-order valence-electron chi connectivity index (χ0n) is 13.9. The molecule has 0 bridgehead atoms. The fourth-order valence-corrected chi connectivity index (χ4v) is 2.73. The van der Waals surface area contributed by atoms with Crippen molar-refractivity contribution in [3.8, 4) is 0 Å². The van der Waals surface area contributed by atoms with E-state index < -0.39 is 58.6 Å². The summed E-state index contributed by atoms with van der Waals surface area (Å²) in [6, 6.07) is 0. The molecule has 0 atom stereocenters. The molecule has 0 spiro atoms. The van der Waals surface area contributed by atoms with E-state index in [1.54, 1.807) is 0 Å². The molecule has 0 aromatic heterocycles. The van der Waals surface area contributed by atoms with Crippen LogP contribution in [0.4, 0.5) is 35.1 Å². The molecule has 5 nitrogen and oxygen atoms in total. The van der Waals surface area contributed by atoms with E-state index in [0.29, 0.717) is 0 Å². The molecule has 1 aliphatic rings. The molecule has 1 fully saturated rings. The third-order valence-electron chi connectivity index (χ3n) is 4.14. The minimum absolute atomic E-state index is 0.0101. The van der Waals surface area contributed by atoms with Gasteiger partial charge in [0.2, 0.25) is 0 Å². The number of alkyl halides is 8. The largest absolute Gasteiger partial charge is 0.459 e. The minimum Gasteiger partial charge on any atom is -0.315 e. The van der Waals surface area contributed by atoms with Crippen LogP contribution in [0.25, 0.3) is 0 Å². The first-order valence-corrected chi connectivity index (χ1v) is 9.11. The Hall–Kier alpha value is -0.730. The summed E-state index contributed by atoms with van der Waals surface area (Å²) in [7, 11) is -6.41. The Kier molecular flexibility index (Phi) is 7.16. The summed E-state index contributed by atoms with van der Waals surface area (Å²) in [5.74, 6) is -5.69. The van der Waals surface area contributed by atoms with E-state index >= 15 is 0 Å². The highest BCUT2D eigenvalue weighted by Crippen LogP contribution is 2.41. The zero-order chi connectivity index (χ0) is 21.3. The number of rotatable bonds is 9. The first kappa shape index (κ1) is 24.3. The molecular weight excluding hydrogens is 420 g/mol. The summed E-state index contributed by atoms with van der Waals surface area (Å²) in [6.45, 7) is -1.69. The van der Waals surface area contributed by atoms with E-state index in [0.717, 1.165) is 0 Å². The summed E-state index contributed by atoms with van der Waals surface area (Å²) in [5, 5.41) is -5.85. The molecule has 0 aromatic rings. The lowest BCUT2D eigenvalue weighted by atomic mass is 9.83. The lowest BCUT2D eigenvalue weighted by molar-refractivity contribution is -0.344. The smallest absolute Gasteiger partial charge is 0.315 e. The van der Waals surface area contributed by atoms with Gasteiger partial charge in [0.1, 0.15) is 0 Å². The lowest BCUT2D eigenvalue weighted by Crippen LogP contribution is -2.49. The minimum atomic E-state index is -6.41. The molecule has 0 unspecified atom stereocenters. The molecule has 27 heavy (non-hydrogen) atoms. The first-order valence-electron chi connectivity index (χ1n) is 7.67. The highest BCUT2D eigenvalue weighted by atomic mass is 32.2. The predicted molar refractivity (Wildman–Crippen MR) is 74.4 cm³/mol. The SMILES string of the molecule is CC(F)(F)C(F)(F)OCC1CCC(COC(F)(F)C(F)(F)S(=O)(=O)O)CC1. The van der Waals surface area contributed by atoms with Gasteiger partial charge >= 0.3 is 33.5 Å². The topological polar surface area (TPSA) is 72.8 Å². The maximum Gasteiger partial charge on any atom is 0.459 e. The molecule has 0 amide bonds. The van der Waals surface area contributed by atoms with E-state index in [1.807, 2.05) is 0 Å². The molecule has 0 heterocycles. The van der Waals surface area contributed by atoms with Gasteiger partial charge in [-0.15, -0.1) is 0 Å². The van der Waals surface area contributed by atoms with Crippen molar-refractivity contribution in [2.75, 3.05) is 13.2 Å². The summed E-state index contributed by atoms with van der Waals surface area (Å²) in [6.07, 6.45) is -9.85. The number of halogens is 8. The van der Waals surface area contributed by atoms with Crippen molar-refractivity contribution in [1.82, 2.24) is 0 Å². The van der Waals surface area contributed by atoms with E-state index in [2.05, 4.69) is 9.47 Å². The first-order chi connectivity index (χ1) is 11.9. The van der Waals surface area contributed by atoms with Crippen molar-refractivity contribution in [3.05, 3.63) is 0 Å². The van der Waals surface area contributed by atoms with E-state index in [-0.39, 0.29) is 32.6 Å². The van der Waals surface area contributed by atoms with Gasteiger partial charge in [0.05, 0.1) is 13.2 Å². The standard InChI is InChI=1S/C13H18F8O5S/c1-10(14,15)11(16,17)25-6-8-2-4-9(5-3-8)7-26-12(18,19)13(20,21)27(22,23)24/h8-9H,2-7H2,1H3,(H,22,23,24). The van der Waals surface area contributed by atoms with Crippen LogP contribution in [0.2, 0.25) is 0 Å². The van der Waals surface area contributed by atoms with Crippen LogP contribution < -0.4 is 0 Å². The van der Waals surface area contributed by atoms with Crippen molar-refractivity contribution in [2.45, 2.75) is 56.0 Å². The van der Waals surface area contributed by atoms with Crippen LogP contribution in [0.5, 0.6) is 0 Å². The second kappa shape index (κ2) is 7.95. The zero-order valence-corrected chi connectivity index (χ0v) is 14.7. The van der Waals surface area contributed by atoms with E-state index in [1.165, 1.54) is 0 Å². The van der Waals surface area contributed by atoms with Crippen molar-refractivity contribution >= 4 is 10.1 Å². The normalized spacial score (nSPS) is 23.5. The summed E-state index contributed by atoms with van der Waals surface area (Å²) in [5.41, 5.74) is 0. The van der Waals surface area contributed by atoms with Crippen molar-refractivity contribution in [2.24, 2.45) is 11.8 Å². The fraction of sp³-hybridized carbons (Fsp3) is 1.00. The Labute approximate surface area is 149 Å². The molecule has 162 valence electrons. The van der Waals surface area contributed by atoms with Gasteiger partial charge in [-0.2, -0.15) is 43.5 Å². The molecule has 1 aliphatic carbocycles. The molecular formula is C13H18F8O5S. The quantitative estimate of drug-likeness (QED) is 0.433. The Bertz CT molecular complexity index is 596. The van der Waals surface area contributed by atoms with Crippen LogP contribution in [0.3, 0.4) is 0 Å². The van der Waals surface area contributed by atoms with Crippen LogP contribution in [-0.4, -0.2) is 49.6 Å². The van der Waals surface area contributed by atoms with Gasteiger partial charge in [-0.3, -0.25) is 4.55 Å². The Morgan fingerprint density at radius 1 is 0.815 bits per heavy atom. The van der Waals surface area contributed by atoms with Gasteiger partial charge in [0, 0.05) is 6.92 Å². The van der Waals surface area contributed by atoms with Gasteiger partial charge in [-0.25, -0.2) is 0 Å². The van der Waals surface area contributed by atoms with Crippen LogP contribution in [0, 0.1) is 11.8 Å². The predicted octanol–water partition coefficient (Wildman–Crippen LogP) is 4.15. The van der Waals surface area contributed by atoms with Crippen LogP contribution >= 0.6 is 0 Å². The average molecular weight is 438 g/mol. The number of hydrogen-bond donors (Lipinski definition) is 1. The molecule has 1 saturated carbocycles. The highest BCUT2D eigenvalue weighted by molar-refractivity contribution is 7.86. The Balaban J connectivity index is 2.48. The lowest BCUT2D eigenvalue weighted by Gasteiger charge is -2.31. The molecule has 0 radical (unpaired) electrons. The van der Waals surface area contributed by atoms with Crippen LogP contribution in [0.1, 0.15) is 32.6 Å². The number of ether oxygens (including phenoxy) is 2. The van der Waals surface area contributed by atoms with Gasteiger partial charge in [-0.1, -0.05) is 0 Å². The third kappa shape index (κ3) is 5.87. The summed E-state index contributed by atoms with van der Waals surface area (Å²) >= 11 is 0. The van der Waals surface area contributed by atoms with Gasteiger partial charge < -0.3 is 9.47 Å². The number of hydrogen-bond acceptors (Lipinski definition) is 4. The molecule has 1 N–H and O–H groups in total. The summed E-state index contributed by atoms with van der Waals surface area (Å²) in [4.78, 5) is 0. The second-order valence-corrected chi connectivity index (χ2v) is 7.89. The fourth-order valence-electron chi connectivity index (χ4n) is 2.37. The molecule has 0 aliphatic heterocycles. The molecule has 1 rings (SSSR count). The molecule has 14 heteroatoms. The maximum absolute atomic E-state index is 13.2. The van der Waals surface area contributed by atoms with Crippen molar-refractivity contribution in [3.63, 3.8) is 0 Å². The Morgan fingerprint density at radius 2 is 1.15 bits per heavy atom. The summed E-state index contributed by atoms with van der Waals surface area (Å²) < 4.78 is 140. The second-order valence-electron chi connectivity index (χ2n) is 6.42. The van der Waals surface area contributed by atoms with Gasteiger partial charge in [0.25, 0.3) is 0 Å². The van der Waals surface area contributed by atoms with Gasteiger partial charge in [-0.05, 0) is 37.5 Å². The molecule has 0 aromatic carbocycles.